The largest absolute Gasteiger partial charge is 0.401 e. The fourth-order valence-electron chi connectivity index (χ4n) is 3.49. The van der Waals surface area contributed by atoms with Crippen molar-refractivity contribution in [2.45, 2.75) is 31.7 Å². The molecule has 0 saturated carbocycles. The van der Waals surface area contributed by atoms with Gasteiger partial charge in [0.2, 0.25) is 0 Å². The van der Waals surface area contributed by atoms with Crippen LogP contribution in [-0.2, 0) is 0 Å². The average molecular weight is 277 g/mol. The number of aliphatic imine (C=N–C) groups is 1. The van der Waals surface area contributed by atoms with Crippen LogP contribution in [0.1, 0.15) is 25.7 Å². The molecule has 0 aromatic carbocycles. The van der Waals surface area contributed by atoms with Gasteiger partial charge in [0.05, 0.1) is 0 Å². The number of allylic oxidation sites excluding steroid dienone is 1. The molecule has 3 aliphatic heterocycles. The summed E-state index contributed by atoms with van der Waals surface area (Å²) in [7, 11) is 2.23. The molecule has 0 aromatic heterocycles. The van der Waals surface area contributed by atoms with Gasteiger partial charge < -0.3 is 15.5 Å². The molecule has 0 spiro atoms. The molecule has 3 aliphatic rings. The maximum absolute atomic E-state index is 5.78. The lowest BCUT2D eigenvalue weighted by Gasteiger charge is -2.43. The highest BCUT2D eigenvalue weighted by molar-refractivity contribution is 5.84. The zero-order valence-electron chi connectivity index (χ0n) is 12.6. The monoisotopic (exact) mass is 277 g/mol. The highest BCUT2D eigenvalue weighted by atomic mass is 15.3. The molecule has 112 valence electrons. The smallest absolute Gasteiger partial charge is 0.105 e. The van der Waals surface area contributed by atoms with Crippen LogP contribution >= 0.6 is 0 Å². The molecule has 0 atom stereocenters. The van der Waals surface area contributed by atoms with E-state index < -0.39 is 0 Å². The van der Waals surface area contributed by atoms with E-state index in [-0.39, 0.29) is 0 Å². The number of piperazine rings is 1. The van der Waals surface area contributed by atoms with Crippen LogP contribution in [0.5, 0.6) is 0 Å². The maximum atomic E-state index is 5.78. The van der Waals surface area contributed by atoms with Crippen molar-refractivity contribution >= 4 is 5.84 Å². The van der Waals surface area contributed by atoms with Crippen molar-refractivity contribution in [1.29, 1.82) is 0 Å². The minimum atomic E-state index is 0.803. The van der Waals surface area contributed by atoms with Crippen molar-refractivity contribution in [2.24, 2.45) is 10.7 Å². The van der Waals surface area contributed by atoms with Gasteiger partial charge in [0, 0.05) is 50.5 Å². The summed E-state index contributed by atoms with van der Waals surface area (Å²) >= 11 is 0. The molecule has 5 nitrogen and oxygen atoms in total. The van der Waals surface area contributed by atoms with Crippen LogP contribution in [0, 0.1) is 0 Å². The summed E-state index contributed by atoms with van der Waals surface area (Å²) in [5.41, 5.74) is 6.70. The second kappa shape index (κ2) is 6.14. The fourth-order valence-corrected chi connectivity index (χ4v) is 3.49. The van der Waals surface area contributed by atoms with Gasteiger partial charge in [-0.3, -0.25) is 4.90 Å². The molecular weight excluding hydrogens is 250 g/mol. The topological polar surface area (TPSA) is 48.1 Å². The average Bonchev–Trinajstić information content (AvgIpc) is 2.49. The number of likely N-dealkylation sites (tertiary alicyclic amines) is 1. The van der Waals surface area contributed by atoms with E-state index >= 15 is 0 Å². The van der Waals surface area contributed by atoms with Gasteiger partial charge in [0.25, 0.3) is 0 Å². The molecule has 20 heavy (non-hydrogen) atoms. The molecule has 0 bridgehead atoms. The van der Waals surface area contributed by atoms with Crippen molar-refractivity contribution in [1.82, 2.24) is 14.7 Å². The van der Waals surface area contributed by atoms with Crippen molar-refractivity contribution < 1.29 is 0 Å². The highest BCUT2D eigenvalue weighted by Crippen LogP contribution is 2.19. The van der Waals surface area contributed by atoms with Gasteiger partial charge in [-0.05, 0) is 39.4 Å². The quantitative estimate of drug-likeness (QED) is 0.766. The molecule has 0 aromatic rings. The summed E-state index contributed by atoms with van der Waals surface area (Å²) in [6, 6.07) is 0.803. The lowest BCUT2D eigenvalue weighted by molar-refractivity contribution is 0.0856. The van der Waals surface area contributed by atoms with Crippen LogP contribution in [0.3, 0.4) is 0 Å². The van der Waals surface area contributed by atoms with Gasteiger partial charge in [-0.1, -0.05) is 0 Å². The molecule has 2 saturated heterocycles. The Hall–Kier alpha value is -1.07. The van der Waals surface area contributed by atoms with Crippen molar-refractivity contribution in [2.75, 3.05) is 46.3 Å². The van der Waals surface area contributed by atoms with E-state index in [1.54, 1.807) is 0 Å². The number of nitrogens with two attached hydrogens (primary N) is 1. The third kappa shape index (κ3) is 3.15. The Kier molecular flexibility index (Phi) is 4.27. The van der Waals surface area contributed by atoms with E-state index in [1.165, 1.54) is 44.9 Å². The Morgan fingerprint density at radius 2 is 1.75 bits per heavy atom. The van der Waals surface area contributed by atoms with E-state index in [4.69, 9.17) is 5.73 Å². The lowest BCUT2D eigenvalue weighted by atomic mass is 10.0. The first-order valence-corrected chi connectivity index (χ1v) is 7.91. The van der Waals surface area contributed by atoms with Gasteiger partial charge in [-0.2, -0.15) is 0 Å². The molecule has 2 N–H and O–H groups in total. The predicted octanol–water partition coefficient (Wildman–Crippen LogP) is 0.691. The molecule has 2 fully saturated rings. The molecule has 5 heteroatoms. The molecule has 3 rings (SSSR count). The summed E-state index contributed by atoms with van der Waals surface area (Å²) in [5.74, 6) is 1.24. The first kappa shape index (κ1) is 13.9. The summed E-state index contributed by atoms with van der Waals surface area (Å²) < 4.78 is 0. The number of rotatable bonds is 1. The number of piperidine rings is 1. The summed E-state index contributed by atoms with van der Waals surface area (Å²) in [4.78, 5) is 12.1. The Morgan fingerprint density at radius 1 is 1.05 bits per heavy atom. The normalized spacial score (nSPS) is 27.4. The van der Waals surface area contributed by atoms with Gasteiger partial charge in [0.1, 0.15) is 5.84 Å². The molecule has 0 amide bonds. The van der Waals surface area contributed by atoms with Crippen LogP contribution in [0.15, 0.2) is 16.9 Å². The third-order valence-electron chi connectivity index (χ3n) is 4.90. The SMILES string of the molecule is CN1CCC(N2CCN(C3=NC=C(N)CC3)CC2)CC1. The number of nitrogens with zero attached hydrogens (tertiary/aromatic N) is 4. The number of amidine groups is 1. The Morgan fingerprint density at radius 3 is 2.35 bits per heavy atom. The van der Waals surface area contributed by atoms with E-state index in [2.05, 4.69) is 26.7 Å². The molecule has 0 unspecified atom stereocenters. The zero-order valence-corrected chi connectivity index (χ0v) is 12.6. The second-order valence-corrected chi connectivity index (χ2v) is 6.31. The maximum Gasteiger partial charge on any atom is 0.105 e. The number of hydrogen-bond donors (Lipinski definition) is 1. The Balaban J connectivity index is 1.50. The van der Waals surface area contributed by atoms with Gasteiger partial charge >= 0.3 is 0 Å². The molecule has 0 aliphatic carbocycles. The predicted molar refractivity (Wildman–Crippen MR) is 82.6 cm³/mol. The Bertz CT molecular complexity index is 387. The van der Waals surface area contributed by atoms with Crippen molar-refractivity contribution in [3.63, 3.8) is 0 Å². The van der Waals surface area contributed by atoms with Gasteiger partial charge in [-0.25, -0.2) is 4.99 Å². The Labute approximate surface area is 122 Å². The minimum Gasteiger partial charge on any atom is -0.401 e. The number of hydrogen-bond acceptors (Lipinski definition) is 5. The third-order valence-corrected chi connectivity index (χ3v) is 4.90. The van der Waals surface area contributed by atoms with Crippen LogP contribution in [0.4, 0.5) is 0 Å². The summed E-state index contributed by atoms with van der Waals surface area (Å²) in [6.07, 6.45) is 6.47. The van der Waals surface area contributed by atoms with E-state index in [1.807, 2.05) is 6.20 Å². The molecular formula is C15H27N5. The second-order valence-electron chi connectivity index (χ2n) is 6.31. The molecule has 0 radical (unpaired) electrons. The van der Waals surface area contributed by atoms with Crippen molar-refractivity contribution in [3.8, 4) is 0 Å². The standard InChI is InChI=1S/C15H27N5/c1-18-6-4-14(5-7-18)19-8-10-20(11-9-19)15-3-2-13(16)12-17-15/h12,14H,2-11,16H2,1H3. The first-order chi connectivity index (χ1) is 9.72. The van der Waals surface area contributed by atoms with Gasteiger partial charge in [0.15, 0.2) is 0 Å². The van der Waals surface area contributed by atoms with Crippen LogP contribution < -0.4 is 5.73 Å². The zero-order chi connectivity index (χ0) is 13.9. The highest BCUT2D eigenvalue weighted by Gasteiger charge is 2.27. The van der Waals surface area contributed by atoms with E-state index in [0.717, 1.165) is 37.7 Å². The van der Waals surface area contributed by atoms with E-state index in [0.29, 0.717) is 0 Å². The van der Waals surface area contributed by atoms with E-state index in [9.17, 15) is 0 Å². The summed E-state index contributed by atoms with van der Waals surface area (Å²) in [5, 5.41) is 0. The van der Waals surface area contributed by atoms with Crippen molar-refractivity contribution in [3.05, 3.63) is 11.9 Å². The fraction of sp³-hybridized carbons (Fsp3) is 0.800. The van der Waals surface area contributed by atoms with Crippen LogP contribution in [-0.4, -0.2) is 72.9 Å². The lowest BCUT2D eigenvalue weighted by Crippen LogP contribution is -2.54. The van der Waals surface area contributed by atoms with Crippen LogP contribution in [0.25, 0.3) is 0 Å². The first-order valence-electron chi connectivity index (χ1n) is 7.91. The molecule has 3 heterocycles. The van der Waals surface area contributed by atoms with Gasteiger partial charge in [-0.15, -0.1) is 0 Å². The minimum absolute atomic E-state index is 0.803. The van der Waals surface area contributed by atoms with Crippen LogP contribution in [0.2, 0.25) is 0 Å². The summed E-state index contributed by atoms with van der Waals surface area (Å²) in [6.45, 7) is 7.13.